The standard InChI is InChI=1S/C20H15BrF3N3O3/c1-11(25-10-12-6-2-4-8-14(12)21)16-17(28)26-19(30)27(18(16)29)15-9-5-3-7-13(15)20(22,23)24/h2-9,29H,10H2,1H3,(H,26,28,30). The number of halogens is 4. The number of benzene rings is 2. The Hall–Kier alpha value is -3.14. The lowest BCUT2D eigenvalue weighted by Crippen LogP contribution is -2.33. The molecule has 10 heteroatoms. The van der Waals surface area contributed by atoms with Crippen molar-refractivity contribution in [3.05, 3.63) is 90.5 Å². The molecule has 3 rings (SSSR count). The fraction of sp³-hybridized carbons (Fsp3) is 0.150. The summed E-state index contributed by atoms with van der Waals surface area (Å²) in [5.41, 5.74) is -3.43. The van der Waals surface area contributed by atoms with Crippen LogP contribution in [-0.2, 0) is 12.7 Å². The van der Waals surface area contributed by atoms with E-state index in [1.807, 2.05) is 11.1 Å². The fourth-order valence-corrected chi connectivity index (χ4v) is 3.30. The average molecular weight is 482 g/mol. The molecule has 30 heavy (non-hydrogen) atoms. The Morgan fingerprint density at radius 3 is 2.43 bits per heavy atom. The maximum absolute atomic E-state index is 13.4. The van der Waals surface area contributed by atoms with Gasteiger partial charge in [-0.1, -0.05) is 46.3 Å². The predicted octanol–water partition coefficient (Wildman–Crippen LogP) is 4.02. The molecule has 0 radical (unpaired) electrons. The van der Waals surface area contributed by atoms with Crippen molar-refractivity contribution in [2.75, 3.05) is 0 Å². The summed E-state index contributed by atoms with van der Waals surface area (Å²) >= 11 is 3.37. The van der Waals surface area contributed by atoms with Crippen LogP contribution in [0.4, 0.5) is 13.2 Å². The molecule has 0 aliphatic heterocycles. The van der Waals surface area contributed by atoms with Gasteiger partial charge in [-0.25, -0.2) is 9.36 Å². The van der Waals surface area contributed by atoms with E-state index in [4.69, 9.17) is 0 Å². The lowest BCUT2D eigenvalue weighted by atomic mass is 10.1. The number of aromatic hydroxyl groups is 1. The molecule has 0 atom stereocenters. The number of hydrogen-bond donors (Lipinski definition) is 2. The molecule has 0 saturated heterocycles. The number of rotatable bonds is 4. The first-order valence-corrected chi connectivity index (χ1v) is 9.40. The molecule has 0 unspecified atom stereocenters. The van der Waals surface area contributed by atoms with Crippen LogP contribution in [0.25, 0.3) is 5.69 Å². The summed E-state index contributed by atoms with van der Waals surface area (Å²) in [5.74, 6) is -0.922. The van der Waals surface area contributed by atoms with Crippen molar-refractivity contribution >= 4 is 21.6 Å². The fourth-order valence-electron chi connectivity index (χ4n) is 2.89. The molecule has 1 aromatic heterocycles. The number of aliphatic imine (C=N–C) groups is 1. The highest BCUT2D eigenvalue weighted by molar-refractivity contribution is 9.10. The first kappa shape index (κ1) is 21.6. The molecule has 0 aliphatic carbocycles. The minimum absolute atomic E-state index is 0.0581. The maximum atomic E-state index is 13.4. The average Bonchev–Trinajstić information content (AvgIpc) is 2.66. The van der Waals surface area contributed by atoms with E-state index in [-0.39, 0.29) is 12.3 Å². The summed E-state index contributed by atoms with van der Waals surface area (Å²) in [6, 6.07) is 11.5. The number of aromatic amines is 1. The molecule has 0 saturated carbocycles. The molecule has 0 amide bonds. The van der Waals surface area contributed by atoms with E-state index in [2.05, 4.69) is 20.9 Å². The second kappa shape index (κ2) is 8.31. The number of hydrogen-bond acceptors (Lipinski definition) is 4. The topological polar surface area (TPSA) is 87.4 Å². The van der Waals surface area contributed by atoms with E-state index in [0.717, 1.165) is 28.2 Å². The summed E-state index contributed by atoms with van der Waals surface area (Å²) in [5, 5.41) is 10.6. The van der Waals surface area contributed by atoms with Gasteiger partial charge in [0.05, 0.1) is 23.5 Å². The molecular formula is C20H15BrF3N3O3. The van der Waals surface area contributed by atoms with Crippen LogP contribution in [-0.4, -0.2) is 20.4 Å². The molecule has 6 nitrogen and oxygen atoms in total. The monoisotopic (exact) mass is 481 g/mol. The van der Waals surface area contributed by atoms with Crippen LogP contribution in [0.1, 0.15) is 23.6 Å². The Bertz CT molecular complexity index is 1250. The van der Waals surface area contributed by atoms with Crippen LogP contribution in [0.15, 0.2) is 67.6 Å². The molecular weight excluding hydrogens is 467 g/mol. The highest BCUT2D eigenvalue weighted by Crippen LogP contribution is 2.34. The van der Waals surface area contributed by atoms with Crippen molar-refractivity contribution in [1.82, 2.24) is 9.55 Å². The van der Waals surface area contributed by atoms with Crippen molar-refractivity contribution < 1.29 is 18.3 Å². The minimum atomic E-state index is -4.78. The number of alkyl halides is 3. The van der Waals surface area contributed by atoms with Crippen molar-refractivity contribution in [2.45, 2.75) is 19.6 Å². The molecule has 3 aromatic rings. The molecule has 0 spiro atoms. The molecule has 2 N–H and O–H groups in total. The minimum Gasteiger partial charge on any atom is -0.493 e. The first-order valence-electron chi connectivity index (χ1n) is 8.61. The normalized spacial score (nSPS) is 12.2. The van der Waals surface area contributed by atoms with E-state index < -0.39 is 40.1 Å². The molecule has 2 aromatic carbocycles. The smallest absolute Gasteiger partial charge is 0.418 e. The molecule has 0 bridgehead atoms. The Morgan fingerprint density at radius 2 is 1.77 bits per heavy atom. The maximum Gasteiger partial charge on any atom is 0.418 e. The predicted molar refractivity (Wildman–Crippen MR) is 109 cm³/mol. The second-order valence-corrected chi connectivity index (χ2v) is 7.16. The van der Waals surface area contributed by atoms with E-state index in [9.17, 15) is 27.9 Å². The zero-order valence-electron chi connectivity index (χ0n) is 15.5. The van der Waals surface area contributed by atoms with Crippen LogP contribution in [0, 0.1) is 0 Å². The summed E-state index contributed by atoms with van der Waals surface area (Å²) in [6.45, 7) is 1.57. The third kappa shape index (κ3) is 4.23. The summed E-state index contributed by atoms with van der Waals surface area (Å²) in [7, 11) is 0. The van der Waals surface area contributed by atoms with Gasteiger partial charge < -0.3 is 5.11 Å². The van der Waals surface area contributed by atoms with Crippen LogP contribution in [0.3, 0.4) is 0 Å². The van der Waals surface area contributed by atoms with Gasteiger partial charge in [0.2, 0.25) is 5.88 Å². The van der Waals surface area contributed by atoms with Gasteiger partial charge in [0.15, 0.2) is 0 Å². The molecule has 0 aliphatic rings. The molecule has 156 valence electrons. The van der Waals surface area contributed by atoms with Crippen molar-refractivity contribution in [2.24, 2.45) is 4.99 Å². The van der Waals surface area contributed by atoms with Gasteiger partial charge >= 0.3 is 11.9 Å². The number of aromatic nitrogens is 2. The van der Waals surface area contributed by atoms with Gasteiger partial charge in [-0.2, -0.15) is 13.2 Å². The summed E-state index contributed by atoms with van der Waals surface area (Å²) < 4.78 is 41.3. The van der Waals surface area contributed by atoms with E-state index >= 15 is 0 Å². The van der Waals surface area contributed by atoms with Crippen LogP contribution in [0.2, 0.25) is 0 Å². The van der Waals surface area contributed by atoms with Gasteiger partial charge in [-0.3, -0.25) is 14.8 Å². The van der Waals surface area contributed by atoms with Gasteiger partial charge in [-0.05, 0) is 30.7 Å². The Labute approximate surface area is 176 Å². The zero-order valence-corrected chi connectivity index (χ0v) is 17.1. The second-order valence-electron chi connectivity index (χ2n) is 6.30. The molecule has 0 fully saturated rings. The van der Waals surface area contributed by atoms with Crippen molar-refractivity contribution in [1.29, 1.82) is 0 Å². The van der Waals surface area contributed by atoms with Gasteiger partial charge in [0.25, 0.3) is 5.56 Å². The highest BCUT2D eigenvalue weighted by Gasteiger charge is 2.35. The van der Waals surface area contributed by atoms with Gasteiger partial charge in [0.1, 0.15) is 5.56 Å². The summed E-state index contributed by atoms with van der Waals surface area (Å²) in [4.78, 5) is 30.8. The van der Waals surface area contributed by atoms with Gasteiger partial charge in [0, 0.05) is 4.47 Å². The third-order valence-corrected chi connectivity index (χ3v) is 5.12. The van der Waals surface area contributed by atoms with E-state index in [1.54, 1.807) is 18.2 Å². The Kier molecular flexibility index (Phi) is 5.97. The van der Waals surface area contributed by atoms with Crippen LogP contribution < -0.4 is 11.2 Å². The lowest BCUT2D eigenvalue weighted by molar-refractivity contribution is -0.137. The Morgan fingerprint density at radius 1 is 1.13 bits per heavy atom. The van der Waals surface area contributed by atoms with E-state index in [0.29, 0.717) is 4.57 Å². The molecule has 1 heterocycles. The number of para-hydroxylation sites is 1. The van der Waals surface area contributed by atoms with Gasteiger partial charge in [-0.15, -0.1) is 0 Å². The quantitative estimate of drug-likeness (QED) is 0.551. The largest absolute Gasteiger partial charge is 0.493 e. The number of H-pyrrole nitrogens is 1. The SMILES string of the molecule is CC(=NCc1ccccc1Br)c1c(O)n(-c2ccccc2C(F)(F)F)c(=O)[nH]c1=O. The highest BCUT2D eigenvalue weighted by atomic mass is 79.9. The van der Waals surface area contributed by atoms with Crippen LogP contribution >= 0.6 is 15.9 Å². The lowest BCUT2D eigenvalue weighted by Gasteiger charge is -2.16. The summed E-state index contributed by atoms with van der Waals surface area (Å²) in [6.07, 6.45) is -4.78. The Balaban J connectivity index is 2.16. The number of nitrogens with zero attached hydrogens (tertiary/aromatic N) is 2. The van der Waals surface area contributed by atoms with Crippen molar-refractivity contribution in [3.63, 3.8) is 0 Å². The first-order chi connectivity index (χ1) is 14.1. The van der Waals surface area contributed by atoms with E-state index in [1.165, 1.54) is 13.0 Å². The zero-order chi connectivity index (χ0) is 22.1. The number of nitrogens with one attached hydrogen (secondary N) is 1. The van der Waals surface area contributed by atoms with Crippen LogP contribution in [0.5, 0.6) is 5.88 Å². The van der Waals surface area contributed by atoms with Crippen molar-refractivity contribution in [3.8, 4) is 11.6 Å². The third-order valence-electron chi connectivity index (χ3n) is 4.34.